The Morgan fingerprint density at radius 2 is 1.32 bits per heavy atom. The number of unbranched alkanes of at least 4 members (excludes halogenated alkanes) is 14. The SMILES string of the molecule is CCCCCCCCCCCCCCCCCC(=O)NCCN(CCO)CC(=O)OCC(C)O. The van der Waals surface area contributed by atoms with E-state index in [1.807, 2.05) is 0 Å². The summed E-state index contributed by atoms with van der Waals surface area (Å²) in [6.07, 6.45) is 19.4. The first-order valence-electron chi connectivity index (χ1n) is 13.9. The fourth-order valence-electron chi connectivity index (χ4n) is 3.95. The van der Waals surface area contributed by atoms with Gasteiger partial charge in [-0.3, -0.25) is 14.5 Å². The molecule has 1 unspecified atom stereocenters. The number of amides is 1. The number of aliphatic hydroxyl groups excluding tert-OH is 2. The molecule has 0 aliphatic heterocycles. The Balaban J connectivity index is 3.54. The van der Waals surface area contributed by atoms with Crippen LogP contribution in [0.4, 0.5) is 0 Å². The van der Waals surface area contributed by atoms with E-state index in [4.69, 9.17) is 14.9 Å². The van der Waals surface area contributed by atoms with Gasteiger partial charge in [-0.25, -0.2) is 0 Å². The van der Waals surface area contributed by atoms with Gasteiger partial charge in [-0.05, 0) is 13.3 Å². The lowest BCUT2D eigenvalue weighted by molar-refractivity contribution is -0.147. The average molecular weight is 487 g/mol. The van der Waals surface area contributed by atoms with Gasteiger partial charge in [-0.2, -0.15) is 0 Å². The first-order valence-corrected chi connectivity index (χ1v) is 13.9. The molecule has 0 radical (unpaired) electrons. The van der Waals surface area contributed by atoms with E-state index >= 15 is 0 Å². The third-order valence-corrected chi connectivity index (χ3v) is 6.01. The molecule has 0 aromatic rings. The normalized spacial score (nSPS) is 12.1. The molecule has 34 heavy (non-hydrogen) atoms. The van der Waals surface area contributed by atoms with Gasteiger partial charge in [0.2, 0.25) is 5.91 Å². The van der Waals surface area contributed by atoms with Crippen LogP contribution in [0.2, 0.25) is 0 Å². The maximum atomic E-state index is 12.0. The summed E-state index contributed by atoms with van der Waals surface area (Å²) in [4.78, 5) is 25.5. The van der Waals surface area contributed by atoms with Gasteiger partial charge in [0.25, 0.3) is 0 Å². The number of rotatable bonds is 25. The highest BCUT2D eigenvalue weighted by Gasteiger charge is 2.12. The lowest BCUT2D eigenvalue weighted by Crippen LogP contribution is -2.39. The monoisotopic (exact) mass is 486 g/mol. The van der Waals surface area contributed by atoms with Crippen molar-refractivity contribution in [2.75, 3.05) is 39.4 Å². The molecule has 0 bridgehead atoms. The van der Waals surface area contributed by atoms with Gasteiger partial charge in [-0.15, -0.1) is 0 Å². The molecule has 0 spiro atoms. The predicted octanol–water partition coefficient (Wildman–Crippen LogP) is 4.58. The standard InChI is InChI=1S/C27H54N2O5/c1-3-4-5-6-7-8-9-10-11-12-13-14-15-16-17-18-26(32)28-19-20-29(21-22-30)23-27(33)34-24-25(2)31/h25,30-31H,3-24H2,1-2H3,(H,28,32). The van der Waals surface area contributed by atoms with Crippen molar-refractivity contribution >= 4 is 11.9 Å². The molecule has 0 fully saturated rings. The van der Waals surface area contributed by atoms with E-state index in [9.17, 15) is 9.59 Å². The Bertz CT molecular complexity index is 474. The largest absolute Gasteiger partial charge is 0.462 e. The predicted molar refractivity (Wildman–Crippen MR) is 139 cm³/mol. The maximum Gasteiger partial charge on any atom is 0.320 e. The van der Waals surface area contributed by atoms with Crippen molar-refractivity contribution < 1.29 is 24.5 Å². The number of esters is 1. The van der Waals surface area contributed by atoms with Crippen molar-refractivity contribution in [3.05, 3.63) is 0 Å². The molecule has 202 valence electrons. The van der Waals surface area contributed by atoms with E-state index in [1.54, 1.807) is 11.8 Å². The fourth-order valence-corrected chi connectivity index (χ4v) is 3.95. The summed E-state index contributed by atoms with van der Waals surface area (Å²) < 4.78 is 4.95. The third kappa shape index (κ3) is 24.0. The Kier molecular flexibility index (Phi) is 24.1. The molecule has 0 aromatic carbocycles. The van der Waals surface area contributed by atoms with Gasteiger partial charge >= 0.3 is 5.97 Å². The summed E-state index contributed by atoms with van der Waals surface area (Å²) >= 11 is 0. The van der Waals surface area contributed by atoms with Crippen LogP contribution in [-0.2, 0) is 14.3 Å². The Morgan fingerprint density at radius 1 is 0.824 bits per heavy atom. The highest BCUT2D eigenvalue weighted by atomic mass is 16.5. The van der Waals surface area contributed by atoms with Crippen LogP contribution in [0.15, 0.2) is 0 Å². The van der Waals surface area contributed by atoms with Crippen LogP contribution in [0.5, 0.6) is 0 Å². The van der Waals surface area contributed by atoms with Crippen LogP contribution in [0, 0.1) is 0 Å². The number of aliphatic hydroxyl groups is 2. The summed E-state index contributed by atoms with van der Waals surface area (Å²) in [7, 11) is 0. The molecular formula is C27H54N2O5. The van der Waals surface area contributed by atoms with Crippen LogP contribution in [0.1, 0.15) is 117 Å². The zero-order chi connectivity index (χ0) is 25.3. The van der Waals surface area contributed by atoms with E-state index in [0.717, 1.165) is 12.8 Å². The number of carbonyl (C=O) groups is 2. The molecule has 0 saturated heterocycles. The number of hydrogen-bond acceptors (Lipinski definition) is 6. The first kappa shape index (κ1) is 32.8. The maximum absolute atomic E-state index is 12.0. The average Bonchev–Trinajstić information content (AvgIpc) is 2.80. The number of carbonyl (C=O) groups excluding carboxylic acids is 2. The van der Waals surface area contributed by atoms with Crippen molar-refractivity contribution in [1.82, 2.24) is 10.2 Å². The van der Waals surface area contributed by atoms with E-state index < -0.39 is 12.1 Å². The first-order chi connectivity index (χ1) is 16.5. The van der Waals surface area contributed by atoms with Crippen LogP contribution < -0.4 is 5.32 Å². The van der Waals surface area contributed by atoms with E-state index in [-0.39, 0.29) is 25.7 Å². The molecule has 0 saturated carbocycles. The molecular weight excluding hydrogens is 432 g/mol. The lowest BCUT2D eigenvalue weighted by atomic mass is 10.0. The molecule has 0 aromatic heterocycles. The van der Waals surface area contributed by atoms with E-state index in [1.165, 1.54) is 83.5 Å². The number of hydrogen-bond donors (Lipinski definition) is 3. The fraction of sp³-hybridized carbons (Fsp3) is 0.926. The summed E-state index contributed by atoms with van der Waals surface area (Å²) in [6, 6.07) is 0. The quantitative estimate of drug-likeness (QED) is 0.129. The molecule has 1 amide bonds. The number of ether oxygens (including phenoxy) is 1. The van der Waals surface area contributed by atoms with Gasteiger partial charge < -0.3 is 20.3 Å². The zero-order valence-corrected chi connectivity index (χ0v) is 22.2. The van der Waals surface area contributed by atoms with Crippen LogP contribution in [-0.4, -0.2) is 72.5 Å². The second-order valence-corrected chi connectivity index (χ2v) is 9.58. The lowest BCUT2D eigenvalue weighted by Gasteiger charge is -2.20. The third-order valence-electron chi connectivity index (χ3n) is 6.01. The van der Waals surface area contributed by atoms with Crippen LogP contribution in [0.3, 0.4) is 0 Å². The molecule has 7 heteroatoms. The summed E-state index contributed by atoms with van der Waals surface area (Å²) in [5.74, 6) is -0.409. The van der Waals surface area contributed by atoms with Gasteiger partial charge in [0.05, 0.1) is 19.3 Å². The Hall–Kier alpha value is -1.18. The number of nitrogens with one attached hydrogen (secondary N) is 1. The van der Waals surface area contributed by atoms with E-state index in [0.29, 0.717) is 26.1 Å². The molecule has 0 rings (SSSR count). The summed E-state index contributed by atoms with van der Waals surface area (Å²) in [5, 5.41) is 21.2. The molecule has 7 nitrogen and oxygen atoms in total. The number of nitrogens with zero attached hydrogens (tertiary/aromatic N) is 1. The zero-order valence-electron chi connectivity index (χ0n) is 22.2. The minimum absolute atomic E-state index is 0.0300. The van der Waals surface area contributed by atoms with Crippen molar-refractivity contribution in [3.8, 4) is 0 Å². The van der Waals surface area contributed by atoms with Crippen molar-refractivity contribution in [2.45, 2.75) is 123 Å². The van der Waals surface area contributed by atoms with E-state index in [2.05, 4.69) is 12.2 Å². The van der Waals surface area contributed by atoms with Crippen LogP contribution >= 0.6 is 0 Å². The Labute approximate surface area is 209 Å². The molecule has 0 aliphatic rings. The molecule has 0 aliphatic carbocycles. The highest BCUT2D eigenvalue weighted by Crippen LogP contribution is 2.13. The van der Waals surface area contributed by atoms with Crippen LogP contribution in [0.25, 0.3) is 0 Å². The second-order valence-electron chi connectivity index (χ2n) is 9.58. The van der Waals surface area contributed by atoms with Gasteiger partial charge in [0.1, 0.15) is 6.61 Å². The van der Waals surface area contributed by atoms with Gasteiger partial charge in [0.15, 0.2) is 0 Å². The van der Waals surface area contributed by atoms with Gasteiger partial charge in [0, 0.05) is 26.1 Å². The van der Waals surface area contributed by atoms with Crippen molar-refractivity contribution in [1.29, 1.82) is 0 Å². The topological polar surface area (TPSA) is 99.1 Å². The highest BCUT2D eigenvalue weighted by molar-refractivity contribution is 5.75. The van der Waals surface area contributed by atoms with Crippen molar-refractivity contribution in [2.24, 2.45) is 0 Å². The summed E-state index contributed by atoms with van der Waals surface area (Å²) in [5.41, 5.74) is 0. The smallest absolute Gasteiger partial charge is 0.320 e. The molecule has 3 N–H and O–H groups in total. The van der Waals surface area contributed by atoms with Crippen molar-refractivity contribution in [3.63, 3.8) is 0 Å². The summed E-state index contributed by atoms with van der Waals surface area (Å²) in [6.45, 7) is 4.96. The van der Waals surface area contributed by atoms with Gasteiger partial charge in [-0.1, -0.05) is 96.8 Å². The second kappa shape index (κ2) is 24.9. The Morgan fingerprint density at radius 3 is 1.79 bits per heavy atom. The molecule has 0 heterocycles. The molecule has 1 atom stereocenters. The minimum Gasteiger partial charge on any atom is -0.462 e. The minimum atomic E-state index is -0.700.